The topological polar surface area (TPSA) is 83.3 Å². The number of hydrogen-bond acceptors (Lipinski definition) is 4. The number of nitrogens with one attached hydrogen (secondary N) is 1. The fourth-order valence-electron chi connectivity index (χ4n) is 3.08. The van der Waals surface area contributed by atoms with E-state index in [1.165, 1.54) is 0 Å². The van der Waals surface area contributed by atoms with Crippen LogP contribution in [-0.4, -0.2) is 44.0 Å². The van der Waals surface area contributed by atoms with Gasteiger partial charge in [0.25, 0.3) is 0 Å². The van der Waals surface area contributed by atoms with Crippen LogP contribution in [0.4, 0.5) is 10.5 Å². The second-order valence-corrected chi connectivity index (χ2v) is 7.26. The number of nitrogens with zero attached hydrogens (tertiary/aromatic N) is 4. The number of rotatable bonds is 7. The van der Waals surface area contributed by atoms with Gasteiger partial charge in [0, 0.05) is 24.7 Å². The van der Waals surface area contributed by atoms with Crippen LogP contribution in [0, 0.1) is 6.92 Å². The number of carbonyl (C=O) groups is 1. The molecule has 3 rings (SSSR count). The Labute approximate surface area is 171 Å². The lowest BCUT2D eigenvalue weighted by atomic mass is 10.1. The van der Waals surface area contributed by atoms with Gasteiger partial charge in [0.15, 0.2) is 5.82 Å². The van der Waals surface area contributed by atoms with E-state index in [2.05, 4.69) is 29.4 Å². The summed E-state index contributed by atoms with van der Waals surface area (Å²) < 4.78 is 1.96. The average molecular weight is 393 g/mol. The zero-order chi connectivity index (χ0) is 20.8. The first kappa shape index (κ1) is 20.5. The maximum atomic E-state index is 13.0. The van der Waals surface area contributed by atoms with Crippen LogP contribution in [0.2, 0.25) is 0 Å². The number of amides is 2. The predicted octanol–water partition coefficient (Wildman–Crippen LogP) is 3.86. The molecule has 1 aromatic heterocycles. The Morgan fingerprint density at radius 3 is 2.59 bits per heavy atom. The molecule has 0 fully saturated rings. The normalized spacial score (nSPS) is 10.9. The molecular formula is C22H27N5O2. The lowest BCUT2D eigenvalue weighted by Crippen LogP contribution is -2.36. The van der Waals surface area contributed by atoms with Gasteiger partial charge >= 0.3 is 6.03 Å². The number of aromatic nitrogens is 3. The summed E-state index contributed by atoms with van der Waals surface area (Å²) in [4.78, 5) is 14.6. The largest absolute Gasteiger partial charge is 0.395 e. The average Bonchev–Trinajstić information content (AvgIpc) is 3.19. The molecule has 0 radical (unpaired) electrons. The number of anilines is 1. The van der Waals surface area contributed by atoms with Gasteiger partial charge in [-0.15, -0.1) is 10.2 Å². The Balaban J connectivity index is 1.83. The number of benzene rings is 2. The molecule has 2 N–H and O–H groups in total. The van der Waals surface area contributed by atoms with E-state index in [-0.39, 0.29) is 25.2 Å². The minimum Gasteiger partial charge on any atom is -0.395 e. The molecule has 0 unspecified atom stereocenters. The molecule has 29 heavy (non-hydrogen) atoms. The molecule has 0 aliphatic carbocycles. The third kappa shape index (κ3) is 5.00. The van der Waals surface area contributed by atoms with Crippen LogP contribution in [-0.2, 0) is 6.54 Å². The van der Waals surface area contributed by atoms with Crippen LogP contribution in [0.25, 0.3) is 11.4 Å². The number of aryl methyl sites for hydroxylation is 1. The van der Waals surface area contributed by atoms with Gasteiger partial charge < -0.3 is 19.9 Å². The van der Waals surface area contributed by atoms with Gasteiger partial charge in [-0.25, -0.2) is 4.79 Å². The summed E-state index contributed by atoms with van der Waals surface area (Å²) in [5.74, 6) is 0.697. The van der Waals surface area contributed by atoms with E-state index in [4.69, 9.17) is 0 Å². The third-order valence-electron chi connectivity index (χ3n) is 4.69. The van der Waals surface area contributed by atoms with Crippen molar-refractivity contribution in [1.82, 2.24) is 19.7 Å². The first-order valence-corrected chi connectivity index (χ1v) is 9.71. The number of carbonyl (C=O) groups excluding carboxylic acids is 1. The molecule has 2 amide bonds. The summed E-state index contributed by atoms with van der Waals surface area (Å²) in [7, 11) is 0. The fourth-order valence-corrected chi connectivity index (χ4v) is 3.08. The van der Waals surface area contributed by atoms with E-state index < -0.39 is 0 Å². The summed E-state index contributed by atoms with van der Waals surface area (Å²) in [5, 5.41) is 20.7. The van der Waals surface area contributed by atoms with Crippen molar-refractivity contribution < 1.29 is 9.90 Å². The first-order valence-electron chi connectivity index (χ1n) is 9.71. The van der Waals surface area contributed by atoms with Crippen molar-refractivity contribution in [2.24, 2.45) is 0 Å². The summed E-state index contributed by atoms with van der Waals surface area (Å²) in [6, 6.07) is 15.5. The van der Waals surface area contributed by atoms with Gasteiger partial charge in [0.05, 0.1) is 12.3 Å². The van der Waals surface area contributed by atoms with Crippen LogP contribution in [0.3, 0.4) is 0 Å². The van der Waals surface area contributed by atoms with E-state index in [0.717, 1.165) is 16.7 Å². The Bertz CT molecular complexity index is 950. The molecule has 0 bridgehead atoms. The van der Waals surface area contributed by atoms with E-state index in [1.54, 1.807) is 11.2 Å². The van der Waals surface area contributed by atoms with Crippen molar-refractivity contribution in [3.63, 3.8) is 0 Å². The first-order chi connectivity index (χ1) is 14.0. The minimum absolute atomic E-state index is 0.109. The summed E-state index contributed by atoms with van der Waals surface area (Å²) in [6.07, 6.45) is 1.69. The molecule has 7 nitrogen and oxygen atoms in total. The van der Waals surface area contributed by atoms with Gasteiger partial charge in [0.2, 0.25) is 0 Å². The highest BCUT2D eigenvalue weighted by atomic mass is 16.3. The summed E-state index contributed by atoms with van der Waals surface area (Å²) in [5.41, 5.74) is 3.62. The zero-order valence-electron chi connectivity index (χ0n) is 17.0. The van der Waals surface area contributed by atoms with Gasteiger partial charge in [-0.1, -0.05) is 42.0 Å². The van der Waals surface area contributed by atoms with Crippen LogP contribution in [0.1, 0.15) is 31.0 Å². The number of para-hydroxylation sites is 1. The monoisotopic (exact) mass is 393 g/mol. The smallest absolute Gasteiger partial charge is 0.322 e. The zero-order valence-corrected chi connectivity index (χ0v) is 17.0. The maximum Gasteiger partial charge on any atom is 0.322 e. The fraction of sp³-hybridized carbons (Fsp3) is 0.318. The number of aliphatic hydroxyl groups excluding tert-OH is 1. The Kier molecular flexibility index (Phi) is 6.61. The number of hydrogen-bond donors (Lipinski definition) is 2. The van der Waals surface area contributed by atoms with Crippen LogP contribution in [0.5, 0.6) is 0 Å². The van der Waals surface area contributed by atoms with Gasteiger partial charge in [-0.05, 0) is 38.5 Å². The van der Waals surface area contributed by atoms with Crippen molar-refractivity contribution in [2.45, 2.75) is 33.4 Å². The molecule has 0 atom stereocenters. The van der Waals surface area contributed by atoms with Crippen LogP contribution >= 0.6 is 0 Å². The lowest BCUT2D eigenvalue weighted by molar-refractivity contribution is 0.185. The molecule has 0 saturated carbocycles. The van der Waals surface area contributed by atoms with E-state index >= 15 is 0 Å². The van der Waals surface area contributed by atoms with Crippen molar-refractivity contribution in [3.8, 4) is 11.4 Å². The molecule has 0 saturated heterocycles. The van der Waals surface area contributed by atoms with Gasteiger partial charge in [0.1, 0.15) is 6.33 Å². The second kappa shape index (κ2) is 9.34. The van der Waals surface area contributed by atoms with Crippen molar-refractivity contribution >= 4 is 11.7 Å². The molecule has 0 aliphatic rings. The molecule has 1 heterocycles. The quantitative estimate of drug-likeness (QED) is 0.638. The van der Waals surface area contributed by atoms with Gasteiger partial charge in [-0.3, -0.25) is 0 Å². The van der Waals surface area contributed by atoms with Gasteiger partial charge in [-0.2, -0.15) is 0 Å². The lowest BCUT2D eigenvalue weighted by Gasteiger charge is -2.23. The minimum atomic E-state index is -0.275. The standard InChI is InChI=1S/C22H27N5O2/c1-16(2)27-15-23-25-21(27)19-6-4-5-7-20(19)24-22(29)26(12-13-28)14-18-10-8-17(3)9-11-18/h4-11,15-16,28H,12-14H2,1-3H3,(H,24,29). The molecule has 0 spiro atoms. The van der Waals surface area contributed by atoms with E-state index in [1.807, 2.05) is 60.0 Å². The summed E-state index contributed by atoms with van der Waals surface area (Å²) in [6.45, 7) is 6.68. The van der Waals surface area contributed by atoms with Crippen molar-refractivity contribution in [1.29, 1.82) is 0 Å². The SMILES string of the molecule is Cc1ccc(CN(CCO)C(=O)Nc2ccccc2-c2nncn2C(C)C)cc1. The Morgan fingerprint density at radius 2 is 1.90 bits per heavy atom. The van der Waals surface area contributed by atoms with Crippen LogP contribution < -0.4 is 5.32 Å². The van der Waals surface area contributed by atoms with E-state index in [0.29, 0.717) is 18.1 Å². The molecule has 0 aliphatic heterocycles. The highest BCUT2D eigenvalue weighted by Gasteiger charge is 2.18. The van der Waals surface area contributed by atoms with Crippen molar-refractivity contribution in [2.75, 3.05) is 18.5 Å². The molecular weight excluding hydrogens is 366 g/mol. The highest BCUT2D eigenvalue weighted by molar-refractivity contribution is 5.93. The maximum absolute atomic E-state index is 13.0. The van der Waals surface area contributed by atoms with Crippen LogP contribution in [0.15, 0.2) is 54.9 Å². The Morgan fingerprint density at radius 1 is 1.17 bits per heavy atom. The van der Waals surface area contributed by atoms with E-state index in [9.17, 15) is 9.90 Å². The molecule has 152 valence electrons. The highest BCUT2D eigenvalue weighted by Crippen LogP contribution is 2.28. The Hall–Kier alpha value is -3.19. The number of aliphatic hydroxyl groups is 1. The summed E-state index contributed by atoms with van der Waals surface area (Å²) >= 11 is 0. The predicted molar refractivity (Wildman–Crippen MR) is 114 cm³/mol. The number of urea groups is 1. The molecule has 3 aromatic rings. The molecule has 7 heteroatoms. The van der Waals surface area contributed by atoms with Crippen molar-refractivity contribution in [3.05, 3.63) is 66.0 Å². The molecule has 2 aromatic carbocycles. The third-order valence-corrected chi connectivity index (χ3v) is 4.69. The second-order valence-electron chi connectivity index (χ2n) is 7.26.